The van der Waals surface area contributed by atoms with Crippen LogP contribution in [-0.4, -0.2) is 39.1 Å². The van der Waals surface area contributed by atoms with Gasteiger partial charge in [0, 0.05) is 12.2 Å². The van der Waals surface area contributed by atoms with Crippen molar-refractivity contribution in [1.29, 1.82) is 0 Å². The summed E-state index contributed by atoms with van der Waals surface area (Å²) in [6.45, 7) is 12.1. The molecule has 3 aromatic rings. The Bertz CT molecular complexity index is 1710. The lowest BCUT2D eigenvalue weighted by atomic mass is 9.98. The first-order chi connectivity index (χ1) is 22.2. The van der Waals surface area contributed by atoms with E-state index in [9.17, 15) is 36.3 Å². The van der Waals surface area contributed by atoms with E-state index in [4.69, 9.17) is 9.16 Å². The van der Waals surface area contributed by atoms with E-state index in [-0.39, 0.29) is 47.2 Å². The number of ether oxygens (including phenoxy) is 1. The molecule has 2 N–H and O–H groups in total. The first kappa shape index (κ1) is 36.7. The zero-order valence-electron chi connectivity index (χ0n) is 27.7. The molecule has 1 aliphatic carbocycles. The van der Waals surface area contributed by atoms with E-state index in [1.165, 1.54) is 18.2 Å². The smallest absolute Gasteiger partial charge is 0.416 e. The number of benzene rings is 3. The number of alkyl halides is 3. The van der Waals surface area contributed by atoms with E-state index < -0.39 is 60.4 Å². The molecule has 0 aliphatic heterocycles. The van der Waals surface area contributed by atoms with Crippen LogP contribution in [0.2, 0.25) is 19.1 Å². The number of aryl methyl sites for hydroxylation is 1. The van der Waals surface area contributed by atoms with Crippen molar-refractivity contribution in [2.45, 2.75) is 71.8 Å². The number of amides is 2. The normalized spacial score (nSPS) is 13.6. The predicted octanol–water partition coefficient (Wildman–Crippen LogP) is 8.78. The minimum atomic E-state index is -4.78. The summed E-state index contributed by atoms with van der Waals surface area (Å²) < 4.78 is 82.7. The quantitative estimate of drug-likeness (QED) is 0.0652. The van der Waals surface area contributed by atoms with Gasteiger partial charge >= 0.3 is 6.18 Å². The number of Topliss-reactive ketones (excluding diaryl/α,β-unsaturated/α-hetero) is 1. The van der Waals surface area contributed by atoms with Gasteiger partial charge in [-0.1, -0.05) is 20.8 Å². The Hall–Kier alpha value is -4.10. The summed E-state index contributed by atoms with van der Waals surface area (Å²) >= 11 is 0. The molecular weight excluding hydrogens is 651 g/mol. The maximum atomic E-state index is 14.7. The molecule has 1 aliphatic rings. The molecular formula is C35H39F5N2O5Si. The van der Waals surface area contributed by atoms with Crippen molar-refractivity contribution in [3.8, 4) is 11.5 Å². The molecule has 0 saturated heterocycles. The minimum absolute atomic E-state index is 0.0118. The van der Waals surface area contributed by atoms with Crippen molar-refractivity contribution in [3.05, 3.63) is 88.0 Å². The fourth-order valence-corrected chi connectivity index (χ4v) is 8.99. The van der Waals surface area contributed by atoms with Gasteiger partial charge in [0.1, 0.15) is 23.1 Å². The Kier molecular flexibility index (Phi) is 10.8. The molecule has 0 atom stereocenters. The van der Waals surface area contributed by atoms with Gasteiger partial charge in [0.25, 0.3) is 17.6 Å². The highest BCUT2D eigenvalue weighted by atomic mass is 28.4. The van der Waals surface area contributed by atoms with Crippen molar-refractivity contribution < 1.29 is 45.5 Å². The number of anilines is 1. The molecule has 1 fully saturated rings. The number of halogens is 5. The SMILES string of the molecule is Cc1cc(F)ccc1Oc1cc(C2CC2)c(C(F)(F)F)cc1C(=O)Nc1ccc(F)c(C(=O)C(=O)NCCO[Si](C)(C)CC(C)(C)C)c1. The van der Waals surface area contributed by atoms with Crippen LogP contribution >= 0.6 is 0 Å². The van der Waals surface area contributed by atoms with E-state index in [0.717, 1.165) is 30.3 Å². The van der Waals surface area contributed by atoms with Gasteiger partial charge in [-0.15, -0.1) is 0 Å². The van der Waals surface area contributed by atoms with Crippen LogP contribution in [0.15, 0.2) is 48.5 Å². The van der Waals surface area contributed by atoms with Crippen molar-refractivity contribution >= 4 is 31.6 Å². The Morgan fingerprint density at radius 2 is 1.60 bits per heavy atom. The van der Waals surface area contributed by atoms with Crippen LogP contribution in [0.1, 0.15) is 76.9 Å². The van der Waals surface area contributed by atoms with E-state index in [1.54, 1.807) is 6.92 Å². The molecule has 0 unspecified atom stereocenters. The van der Waals surface area contributed by atoms with Crippen molar-refractivity contribution in [2.24, 2.45) is 5.41 Å². The van der Waals surface area contributed by atoms with Crippen molar-refractivity contribution in [3.63, 3.8) is 0 Å². The summed E-state index contributed by atoms with van der Waals surface area (Å²) in [6, 6.07) is 9.21. The molecule has 258 valence electrons. The Labute approximate surface area is 277 Å². The molecule has 4 rings (SSSR count). The molecule has 7 nitrogen and oxygen atoms in total. The standard InChI is InChI=1S/C35H39F5N2O5Si/c1-20-15-22(36)9-12-29(20)47-30-18-24(21-7-8-21)27(35(38,39)40)17-26(30)32(44)42-23-10-11-28(37)25(16-23)31(43)33(45)41-13-14-46-48(5,6)19-34(2,3)4/h9-12,15-18,21H,7-8,13-14,19H2,1-6H3,(H,41,45)(H,42,44). The van der Waals surface area contributed by atoms with Gasteiger partial charge in [-0.05, 0) is 110 Å². The number of carbonyl (C=O) groups excluding carboxylic acids is 3. The number of rotatable bonds is 12. The Balaban J connectivity index is 1.55. The largest absolute Gasteiger partial charge is 0.456 e. The average molecular weight is 691 g/mol. The van der Waals surface area contributed by atoms with Gasteiger partial charge in [0.2, 0.25) is 0 Å². The number of hydrogen-bond donors (Lipinski definition) is 2. The Morgan fingerprint density at radius 1 is 0.917 bits per heavy atom. The van der Waals surface area contributed by atoms with Crippen LogP contribution in [0.25, 0.3) is 0 Å². The number of hydrogen-bond acceptors (Lipinski definition) is 5. The highest BCUT2D eigenvalue weighted by Gasteiger charge is 2.40. The molecule has 3 aromatic carbocycles. The summed E-state index contributed by atoms with van der Waals surface area (Å²) in [6.07, 6.45) is -3.71. The Morgan fingerprint density at radius 3 is 2.21 bits per heavy atom. The van der Waals surface area contributed by atoms with Crippen LogP contribution in [-0.2, 0) is 15.4 Å². The zero-order chi connectivity index (χ0) is 35.6. The number of nitrogens with one attached hydrogen (secondary N) is 2. The molecule has 0 spiro atoms. The minimum Gasteiger partial charge on any atom is -0.456 e. The van der Waals surface area contributed by atoms with E-state index in [2.05, 4.69) is 31.4 Å². The maximum Gasteiger partial charge on any atom is 0.416 e. The fourth-order valence-electron chi connectivity index (χ4n) is 5.68. The third-order valence-corrected chi connectivity index (χ3v) is 10.5. The van der Waals surface area contributed by atoms with Gasteiger partial charge in [0.05, 0.1) is 23.3 Å². The lowest BCUT2D eigenvalue weighted by Crippen LogP contribution is -2.39. The average Bonchev–Trinajstić information content (AvgIpc) is 3.81. The molecule has 0 aromatic heterocycles. The van der Waals surface area contributed by atoms with Crippen molar-refractivity contribution in [2.75, 3.05) is 18.5 Å². The van der Waals surface area contributed by atoms with Crippen LogP contribution < -0.4 is 15.4 Å². The van der Waals surface area contributed by atoms with Crippen LogP contribution in [0, 0.1) is 24.0 Å². The molecule has 13 heteroatoms. The molecule has 0 bridgehead atoms. The summed E-state index contributed by atoms with van der Waals surface area (Å²) in [5.41, 5.74) is -1.92. The predicted molar refractivity (Wildman–Crippen MR) is 174 cm³/mol. The first-order valence-electron chi connectivity index (χ1n) is 15.5. The second-order valence-corrected chi connectivity index (χ2v) is 18.0. The topological polar surface area (TPSA) is 93.7 Å². The fraction of sp³-hybridized carbons (Fsp3) is 0.400. The monoisotopic (exact) mass is 690 g/mol. The summed E-state index contributed by atoms with van der Waals surface area (Å²) in [5.74, 6) is -5.38. The van der Waals surface area contributed by atoms with E-state index in [0.29, 0.717) is 24.5 Å². The van der Waals surface area contributed by atoms with Gasteiger partial charge < -0.3 is 19.8 Å². The first-order valence-corrected chi connectivity index (χ1v) is 18.6. The van der Waals surface area contributed by atoms with Gasteiger partial charge in [-0.2, -0.15) is 13.2 Å². The zero-order valence-corrected chi connectivity index (χ0v) is 28.7. The lowest BCUT2D eigenvalue weighted by molar-refractivity contribution is -0.138. The second-order valence-electron chi connectivity index (χ2n) is 13.8. The molecule has 1 saturated carbocycles. The molecule has 48 heavy (non-hydrogen) atoms. The van der Waals surface area contributed by atoms with Crippen molar-refractivity contribution in [1.82, 2.24) is 5.32 Å². The van der Waals surface area contributed by atoms with Gasteiger partial charge in [-0.25, -0.2) is 8.78 Å². The highest BCUT2D eigenvalue weighted by Crippen LogP contribution is 2.48. The summed E-state index contributed by atoms with van der Waals surface area (Å²) in [5, 5.41) is 4.80. The third-order valence-electron chi connectivity index (χ3n) is 7.59. The van der Waals surface area contributed by atoms with Gasteiger partial charge in [0.15, 0.2) is 8.32 Å². The highest BCUT2D eigenvalue weighted by molar-refractivity contribution is 6.71. The maximum absolute atomic E-state index is 14.7. The van der Waals surface area contributed by atoms with E-state index >= 15 is 0 Å². The summed E-state index contributed by atoms with van der Waals surface area (Å²) in [4.78, 5) is 38.9. The van der Waals surface area contributed by atoms with Gasteiger partial charge in [-0.3, -0.25) is 14.4 Å². The summed E-state index contributed by atoms with van der Waals surface area (Å²) in [7, 11) is -2.04. The molecule has 2 amide bonds. The van der Waals surface area contributed by atoms with Crippen LogP contribution in [0.4, 0.5) is 27.6 Å². The molecule has 0 heterocycles. The van der Waals surface area contributed by atoms with E-state index in [1.807, 2.05) is 13.1 Å². The van der Waals surface area contributed by atoms with Crippen LogP contribution in [0.5, 0.6) is 11.5 Å². The van der Waals surface area contributed by atoms with Crippen LogP contribution in [0.3, 0.4) is 0 Å². The third kappa shape index (κ3) is 9.72. The number of carbonyl (C=O) groups is 3. The lowest BCUT2D eigenvalue weighted by Gasteiger charge is -2.30. The molecule has 0 radical (unpaired) electrons. The number of ketones is 1. The second kappa shape index (κ2) is 14.2.